The summed E-state index contributed by atoms with van der Waals surface area (Å²) in [5, 5.41) is 15.0. The van der Waals surface area contributed by atoms with Crippen molar-refractivity contribution in [1.29, 1.82) is 0 Å². The number of benzene rings is 2. The van der Waals surface area contributed by atoms with E-state index in [2.05, 4.69) is 25.3 Å². The van der Waals surface area contributed by atoms with Gasteiger partial charge in [0.15, 0.2) is 0 Å². The Kier molecular flexibility index (Phi) is 7.20. The number of alkyl halides is 6. The highest BCUT2D eigenvalue weighted by Gasteiger charge is 2.32. The average molecular weight is 486 g/mol. The number of anilines is 3. The summed E-state index contributed by atoms with van der Waals surface area (Å²) in [7, 11) is 0. The summed E-state index contributed by atoms with van der Waals surface area (Å²) in [4.78, 5) is 8.48. The van der Waals surface area contributed by atoms with Crippen LogP contribution in [-0.4, -0.2) is 34.1 Å². The quantitative estimate of drug-likeness (QED) is 0.361. The van der Waals surface area contributed by atoms with E-state index >= 15 is 0 Å². The smallest absolute Gasteiger partial charge is 0.406 e. The number of hydrogen-bond donors (Lipinski definition) is 3. The highest BCUT2D eigenvalue weighted by molar-refractivity contribution is 5.69. The Bertz CT molecular complexity index is 1150. The maximum atomic E-state index is 13.1. The zero-order valence-electron chi connectivity index (χ0n) is 17.9. The number of nitrogens with zero attached hydrogens (tertiary/aromatic N) is 2. The van der Waals surface area contributed by atoms with Crippen LogP contribution in [0.5, 0.6) is 5.75 Å². The van der Waals surface area contributed by atoms with E-state index < -0.39 is 29.9 Å². The third kappa shape index (κ3) is 6.73. The Morgan fingerprint density at radius 2 is 1.74 bits per heavy atom. The van der Waals surface area contributed by atoms with E-state index in [4.69, 9.17) is 0 Å². The van der Waals surface area contributed by atoms with Crippen LogP contribution < -0.4 is 15.4 Å². The van der Waals surface area contributed by atoms with Crippen molar-refractivity contribution in [2.24, 2.45) is 0 Å². The molecule has 0 aliphatic heterocycles. The lowest BCUT2D eigenvalue weighted by atomic mass is 10.1. The van der Waals surface area contributed by atoms with Crippen LogP contribution in [-0.2, 0) is 6.18 Å². The molecule has 0 unspecified atom stereocenters. The van der Waals surface area contributed by atoms with Crippen LogP contribution in [0.25, 0.3) is 11.3 Å². The van der Waals surface area contributed by atoms with Gasteiger partial charge in [-0.15, -0.1) is 13.2 Å². The number of aliphatic hydroxyl groups excluding tert-OH is 1. The maximum Gasteiger partial charge on any atom is 0.573 e. The van der Waals surface area contributed by atoms with Crippen LogP contribution in [0.2, 0.25) is 0 Å². The molecule has 3 aromatic rings. The molecule has 3 rings (SSSR count). The third-order valence-corrected chi connectivity index (χ3v) is 4.57. The summed E-state index contributed by atoms with van der Waals surface area (Å²) in [5.74, 6) is -0.374. The van der Waals surface area contributed by atoms with E-state index in [1.54, 1.807) is 13.8 Å². The van der Waals surface area contributed by atoms with Gasteiger partial charge < -0.3 is 20.5 Å². The van der Waals surface area contributed by atoms with Crippen LogP contribution in [0.4, 0.5) is 43.8 Å². The van der Waals surface area contributed by atoms with Crippen LogP contribution in [0.3, 0.4) is 0 Å². The Morgan fingerprint density at radius 3 is 2.38 bits per heavy atom. The number of nitrogens with one attached hydrogen (secondary N) is 2. The molecule has 0 fully saturated rings. The van der Waals surface area contributed by atoms with E-state index in [1.165, 1.54) is 24.3 Å². The minimum absolute atomic E-state index is 0.00771. The molecule has 0 aliphatic rings. The molecular weight excluding hydrogens is 466 g/mol. The topological polar surface area (TPSA) is 79.3 Å². The summed E-state index contributed by atoms with van der Waals surface area (Å²) < 4.78 is 81.2. The number of aryl methyl sites for hydroxylation is 1. The number of aromatic nitrogens is 2. The zero-order chi connectivity index (χ0) is 25.1. The normalized spacial score (nSPS) is 12.9. The summed E-state index contributed by atoms with van der Waals surface area (Å²) in [5.41, 5.74) is 0.191. The molecule has 2 aromatic carbocycles. The van der Waals surface area contributed by atoms with Crippen molar-refractivity contribution >= 4 is 17.5 Å². The molecule has 6 nitrogen and oxygen atoms in total. The van der Waals surface area contributed by atoms with Crippen molar-refractivity contribution in [2.75, 3.05) is 17.2 Å². The fraction of sp³-hybridized carbons (Fsp3) is 0.273. The summed E-state index contributed by atoms with van der Waals surface area (Å²) in [6.07, 6.45) is -9.44. The molecule has 0 bridgehead atoms. The second-order valence-electron chi connectivity index (χ2n) is 7.42. The van der Waals surface area contributed by atoms with Crippen LogP contribution in [0.15, 0.2) is 48.5 Å². The van der Waals surface area contributed by atoms with Crippen molar-refractivity contribution < 1.29 is 36.2 Å². The molecule has 1 heterocycles. The predicted octanol–water partition coefficient (Wildman–Crippen LogP) is 5.91. The van der Waals surface area contributed by atoms with Gasteiger partial charge in [-0.2, -0.15) is 18.2 Å². The molecule has 12 heteroatoms. The first-order valence-corrected chi connectivity index (χ1v) is 9.91. The van der Waals surface area contributed by atoms with Crippen LogP contribution in [0, 0.1) is 6.92 Å². The largest absolute Gasteiger partial charge is 0.573 e. The fourth-order valence-corrected chi connectivity index (χ4v) is 2.91. The van der Waals surface area contributed by atoms with Crippen LogP contribution >= 0.6 is 0 Å². The minimum Gasteiger partial charge on any atom is -0.406 e. The molecule has 0 saturated carbocycles. The first-order valence-electron chi connectivity index (χ1n) is 9.91. The highest BCUT2D eigenvalue weighted by atomic mass is 19.4. The number of halogens is 6. The number of rotatable bonds is 7. The Balaban J connectivity index is 2.03. The second-order valence-corrected chi connectivity index (χ2v) is 7.42. The van der Waals surface area contributed by atoms with Gasteiger partial charge in [-0.1, -0.05) is 18.2 Å². The fourth-order valence-electron chi connectivity index (χ4n) is 2.91. The lowest BCUT2D eigenvalue weighted by molar-refractivity contribution is -0.274. The molecule has 3 N–H and O–H groups in total. The monoisotopic (exact) mass is 486 g/mol. The van der Waals surface area contributed by atoms with Gasteiger partial charge in [0.25, 0.3) is 0 Å². The van der Waals surface area contributed by atoms with Crippen molar-refractivity contribution in [2.45, 2.75) is 32.4 Å². The molecule has 0 aliphatic carbocycles. The van der Waals surface area contributed by atoms with Crippen molar-refractivity contribution in [3.8, 4) is 17.0 Å². The average Bonchev–Trinajstić information content (AvgIpc) is 2.73. The first kappa shape index (κ1) is 25.1. The Morgan fingerprint density at radius 1 is 1.00 bits per heavy atom. The Hall–Kier alpha value is -3.54. The van der Waals surface area contributed by atoms with Gasteiger partial charge in [0.1, 0.15) is 11.6 Å². The molecule has 1 atom stereocenters. The molecule has 0 amide bonds. The SMILES string of the molecule is Cc1ccc(C(F)(F)F)cc1Nc1cc(-c2cccc(OC(F)(F)F)c2)nc(N[C@H](C)CO)n1. The van der Waals surface area contributed by atoms with Crippen LogP contribution in [0.1, 0.15) is 18.1 Å². The van der Waals surface area contributed by atoms with E-state index in [9.17, 15) is 31.4 Å². The van der Waals surface area contributed by atoms with E-state index in [-0.39, 0.29) is 35.3 Å². The van der Waals surface area contributed by atoms with E-state index in [0.717, 1.165) is 24.3 Å². The summed E-state index contributed by atoms with van der Waals surface area (Å²) in [6, 6.07) is 9.16. The molecule has 182 valence electrons. The molecule has 0 radical (unpaired) electrons. The Labute approximate surface area is 190 Å². The minimum atomic E-state index is -4.89. The summed E-state index contributed by atoms with van der Waals surface area (Å²) in [6.45, 7) is 2.98. The van der Waals surface area contributed by atoms with Gasteiger partial charge in [-0.3, -0.25) is 0 Å². The lowest BCUT2D eigenvalue weighted by Crippen LogP contribution is -2.21. The molecule has 0 spiro atoms. The third-order valence-electron chi connectivity index (χ3n) is 4.57. The number of ether oxygens (including phenoxy) is 1. The second kappa shape index (κ2) is 9.75. The zero-order valence-corrected chi connectivity index (χ0v) is 17.9. The predicted molar refractivity (Wildman–Crippen MR) is 114 cm³/mol. The van der Waals surface area contributed by atoms with Gasteiger partial charge in [0.05, 0.1) is 17.9 Å². The van der Waals surface area contributed by atoms with Crippen molar-refractivity contribution in [3.63, 3.8) is 0 Å². The van der Waals surface area contributed by atoms with Crippen molar-refractivity contribution in [1.82, 2.24) is 9.97 Å². The lowest BCUT2D eigenvalue weighted by Gasteiger charge is -2.16. The van der Waals surface area contributed by atoms with E-state index in [1.807, 2.05) is 0 Å². The summed E-state index contributed by atoms with van der Waals surface area (Å²) >= 11 is 0. The molecule has 34 heavy (non-hydrogen) atoms. The van der Waals surface area contributed by atoms with Gasteiger partial charge in [-0.05, 0) is 43.7 Å². The highest BCUT2D eigenvalue weighted by Crippen LogP contribution is 2.34. The molecule has 0 saturated heterocycles. The number of aliphatic hydroxyl groups is 1. The van der Waals surface area contributed by atoms with Gasteiger partial charge >= 0.3 is 12.5 Å². The standard InChI is InChI=1S/C22H20F6N4O2/c1-12-6-7-15(21(23,24)25)9-17(12)30-19-10-18(31-20(32-19)29-13(2)11-33)14-4-3-5-16(8-14)34-22(26,27)28/h3-10,13,33H,11H2,1-2H3,(H2,29,30,31,32)/t13-/m1/s1. The van der Waals surface area contributed by atoms with Gasteiger partial charge in [-0.25, -0.2) is 4.98 Å². The van der Waals surface area contributed by atoms with Crippen molar-refractivity contribution in [3.05, 3.63) is 59.7 Å². The first-order chi connectivity index (χ1) is 15.8. The molecule has 1 aromatic heterocycles. The maximum absolute atomic E-state index is 13.1. The van der Waals surface area contributed by atoms with Gasteiger partial charge in [0.2, 0.25) is 5.95 Å². The molecular formula is C22H20F6N4O2. The van der Waals surface area contributed by atoms with Gasteiger partial charge in [0, 0.05) is 23.4 Å². The number of hydrogen-bond acceptors (Lipinski definition) is 6. The van der Waals surface area contributed by atoms with E-state index in [0.29, 0.717) is 5.56 Å².